The average Bonchev–Trinajstić information content (AvgIpc) is 3.26. The maximum absolute atomic E-state index is 9.14. The fraction of sp³-hybridized carbons (Fsp3) is 0.706. The number of nitrogens with one attached hydrogen (secondary N) is 2. The number of guanidine groups is 1. The summed E-state index contributed by atoms with van der Waals surface area (Å²) in [5.74, 6) is 1.97. The molecule has 6 heteroatoms. The Morgan fingerprint density at radius 2 is 2.17 bits per heavy atom. The van der Waals surface area contributed by atoms with Crippen molar-refractivity contribution in [1.29, 1.82) is 0 Å². The fourth-order valence-electron chi connectivity index (χ4n) is 2.78. The molecule has 1 saturated heterocycles. The van der Waals surface area contributed by atoms with Crippen LogP contribution < -0.4 is 10.6 Å². The molecule has 2 heterocycles. The summed E-state index contributed by atoms with van der Waals surface area (Å²) in [5.41, 5.74) is 0. The van der Waals surface area contributed by atoms with E-state index in [1.165, 1.54) is 12.8 Å². The van der Waals surface area contributed by atoms with Crippen molar-refractivity contribution >= 4 is 5.96 Å². The Hall–Kier alpha value is -1.53. The lowest BCUT2D eigenvalue weighted by molar-refractivity contribution is 0.215. The van der Waals surface area contributed by atoms with E-state index >= 15 is 0 Å². The molecular weight excluding hydrogens is 292 g/mol. The number of aliphatic hydroxyl groups is 1. The van der Waals surface area contributed by atoms with Crippen LogP contribution in [0.15, 0.2) is 27.8 Å². The van der Waals surface area contributed by atoms with E-state index in [0.717, 1.165) is 37.9 Å². The molecule has 2 rings (SSSR count). The van der Waals surface area contributed by atoms with Crippen molar-refractivity contribution in [3.8, 4) is 0 Å². The second kappa shape index (κ2) is 9.57. The van der Waals surface area contributed by atoms with Gasteiger partial charge in [0.25, 0.3) is 0 Å². The molecule has 2 unspecified atom stereocenters. The molecule has 0 amide bonds. The number of hydrogen-bond acceptors (Lipinski definition) is 4. The highest BCUT2D eigenvalue weighted by Crippen LogP contribution is 2.24. The summed E-state index contributed by atoms with van der Waals surface area (Å²) in [7, 11) is 0. The van der Waals surface area contributed by atoms with Crippen LogP contribution in [0.4, 0.5) is 0 Å². The van der Waals surface area contributed by atoms with Crippen molar-refractivity contribution in [2.24, 2.45) is 10.9 Å². The quantitative estimate of drug-likeness (QED) is 0.501. The first kappa shape index (κ1) is 17.8. The summed E-state index contributed by atoms with van der Waals surface area (Å²) in [6.45, 7) is 8.61. The molecule has 3 N–H and O–H groups in total. The van der Waals surface area contributed by atoms with Crippen LogP contribution in [0.2, 0.25) is 0 Å². The van der Waals surface area contributed by atoms with E-state index in [9.17, 15) is 0 Å². The zero-order valence-electron chi connectivity index (χ0n) is 14.3. The second-order valence-corrected chi connectivity index (χ2v) is 6.16. The van der Waals surface area contributed by atoms with Crippen LogP contribution in [0.25, 0.3) is 0 Å². The van der Waals surface area contributed by atoms with E-state index < -0.39 is 0 Å². The molecule has 0 saturated carbocycles. The fourth-order valence-corrected chi connectivity index (χ4v) is 2.78. The Kier molecular flexibility index (Phi) is 7.42. The van der Waals surface area contributed by atoms with Crippen LogP contribution in [0, 0.1) is 5.92 Å². The summed E-state index contributed by atoms with van der Waals surface area (Å²) in [5, 5.41) is 15.8. The lowest BCUT2D eigenvalue weighted by Gasteiger charge is -2.26. The molecule has 1 aromatic rings. The van der Waals surface area contributed by atoms with Gasteiger partial charge in [0, 0.05) is 26.2 Å². The summed E-state index contributed by atoms with van der Waals surface area (Å²) < 4.78 is 5.64. The van der Waals surface area contributed by atoms with E-state index in [1.54, 1.807) is 6.26 Å². The third-order valence-electron chi connectivity index (χ3n) is 4.13. The number of aliphatic imine (C=N–C) groups is 1. The summed E-state index contributed by atoms with van der Waals surface area (Å²) >= 11 is 0. The zero-order chi connectivity index (χ0) is 16.5. The normalized spacial score (nSPS) is 18.8. The van der Waals surface area contributed by atoms with E-state index in [-0.39, 0.29) is 18.6 Å². The van der Waals surface area contributed by atoms with Gasteiger partial charge < -0.3 is 20.2 Å². The van der Waals surface area contributed by atoms with Gasteiger partial charge in [-0.3, -0.25) is 9.89 Å². The van der Waals surface area contributed by atoms with Gasteiger partial charge in [-0.2, -0.15) is 0 Å². The van der Waals surface area contributed by atoms with Crippen LogP contribution in [-0.2, 0) is 0 Å². The largest absolute Gasteiger partial charge is 0.468 e. The molecule has 0 bridgehead atoms. The number of hydrogen-bond donors (Lipinski definition) is 3. The molecular formula is C17H30N4O2. The first-order valence-corrected chi connectivity index (χ1v) is 8.65. The predicted octanol–water partition coefficient (Wildman–Crippen LogP) is 1.60. The van der Waals surface area contributed by atoms with Gasteiger partial charge in [-0.25, -0.2) is 0 Å². The molecule has 2 atom stereocenters. The Bertz CT molecular complexity index is 455. The number of furan rings is 1. The molecule has 1 aliphatic rings. The summed E-state index contributed by atoms with van der Waals surface area (Å²) in [4.78, 5) is 7.01. The Morgan fingerprint density at radius 3 is 2.78 bits per heavy atom. The van der Waals surface area contributed by atoms with Crippen molar-refractivity contribution in [3.05, 3.63) is 24.2 Å². The molecule has 23 heavy (non-hydrogen) atoms. The Balaban J connectivity index is 1.97. The monoisotopic (exact) mass is 322 g/mol. The number of rotatable bonds is 8. The molecule has 1 fully saturated rings. The zero-order valence-corrected chi connectivity index (χ0v) is 14.3. The van der Waals surface area contributed by atoms with Crippen molar-refractivity contribution in [1.82, 2.24) is 15.5 Å². The van der Waals surface area contributed by atoms with E-state index in [2.05, 4.69) is 27.4 Å². The van der Waals surface area contributed by atoms with Crippen molar-refractivity contribution < 1.29 is 9.52 Å². The maximum atomic E-state index is 9.14. The van der Waals surface area contributed by atoms with Crippen LogP contribution in [0.3, 0.4) is 0 Å². The van der Waals surface area contributed by atoms with Gasteiger partial charge in [-0.05, 0) is 50.9 Å². The minimum Gasteiger partial charge on any atom is -0.468 e. The Labute approximate surface area is 139 Å². The van der Waals surface area contributed by atoms with Gasteiger partial charge in [0.05, 0.1) is 12.3 Å². The molecule has 6 nitrogen and oxygen atoms in total. The average molecular weight is 322 g/mol. The van der Waals surface area contributed by atoms with Crippen molar-refractivity contribution in [2.75, 3.05) is 39.3 Å². The summed E-state index contributed by atoms with van der Waals surface area (Å²) in [6, 6.07) is 4.22. The van der Waals surface area contributed by atoms with E-state index in [1.807, 2.05) is 19.1 Å². The molecule has 1 aromatic heterocycles. The molecule has 0 radical (unpaired) electrons. The lowest BCUT2D eigenvalue weighted by Crippen LogP contribution is -2.42. The topological polar surface area (TPSA) is 73.0 Å². The van der Waals surface area contributed by atoms with Crippen LogP contribution >= 0.6 is 0 Å². The van der Waals surface area contributed by atoms with Crippen molar-refractivity contribution in [3.63, 3.8) is 0 Å². The molecule has 0 spiro atoms. The van der Waals surface area contributed by atoms with Gasteiger partial charge in [0.2, 0.25) is 0 Å². The van der Waals surface area contributed by atoms with Gasteiger partial charge in [0.1, 0.15) is 5.76 Å². The minimum atomic E-state index is 0.158. The van der Waals surface area contributed by atoms with Gasteiger partial charge in [0.15, 0.2) is 5.96 Å². The molecule has 130 valence electrons. The number of likely N-dealkylation sites (tertiary alicyclic amines) is 1. The highest BCUT2D eigenvalue weighted by atomic mass is 16.3. The second-order valence-electron chi connectivity index (χ2n) is 6.16. The molecule has 0 aliphatic carbocycles. The van der Waals surface area contributed by atoms with Gasteiger partial charge in [-0.15, -0.1) is 0 Å². The molecule has 1 aliphatic heterocycles. The van der Waals surface area contributed by atoms with Crippen molar-refractivity contribution in [2.45, 2.75) is 32.7 Å². The number of nitrogens with zero attached hydrogens (tertiary/aromatic N) is 2. The van der Waals surface area contributed by atoms with Crippen LogP contribution in [0.1, 0.15) is 38.5 Å². The summed E-state index contributed by atoms with van der Waals surface area (Å²) in [6.07, 6.45) is 4.24. The number of aliphatic hydroxyl groups excluding tert-OH is 1. The highest BCUT2D eigenvalue weighted by Gasteiger charge is 2.25. The smallest absolute Gasteiger partial charge is 0.191 e. The maximum Gasteiger partial charge on any atom is 0.191 e. The minimum absolute atomic E-state index is 0.158. The highest BCUT2D eigenvalue weighted by molar-refractivity contribution is 5.79. The lowest BCUT2D eigenvalue weighted by atomic mass is 10.2. The third-order valence-corrected chi connectivity index (χ3v) is 4.13. The first-order chi connectivity index (χ1) is 11.2. The van der Waals surface area contributed by atoms with Crippen LogP contribution in [0.5, 0.6) is 0 Å². The van der Waals surface area contributed by atoms with Crippen LogP contribution in [-0.4, -0.2) is 55.3 Å². The first-order valence-electron chi connectivity index (χ1n) is 8.65. The standard InChI is InChI=1S/C17H30N4O2/c1-3-18-17(19-11-14(2)13-22)20-12-15(16-7-6-10-23-16)21-8-4-5-9-21/h6-7,10,14-15,22H,3-5,8-9,11-13H2,1-2H3,(H2,18,19,20). The predicted molar refractivity (Wildman–Crippen MR) is 92.5 cm³/mol. The molecule has 0 aromatic carbocycles. The van der Waals surface area contributed by atoms with E-state index in [0.29, 0.717) is 6.54 Å². The van der Waals surface area contributed by atoms with E-state index in [4.69, 9.17) is 9.52 Å². The third kappa shape index (κ3) is 5.55. The van der Waals surface area contributed by atoms with Gasteiger partial charge in [-0.1, -0.05) is 6.92 Å². The van der Waals surface area contributed by atoms with Gasteiger partial charge >= 0.3 is 0 Å². The SMILES string of the molecule is CCNC(=NCC(C)CO)NCC(c1ccco1)N1CCCC1. The Morgan fingerprint density at radius 1 is 1.39 bits per heavy atom.